The van der Waals surface area contributed by atoms with Gasteiger partial charge in [0.05, 0.1) is 0 Å². The van der Waals surface area contributed by atoms with E-state index in [1.165, 1.54) is 0 Å². The van der Waals surface area contributed by atoms with Gasteiger partial charge in [-0.15, -0.1) is 24.0 Å². The highest BCUT2D eigenvalue weighted by Crippen LogP contribution is 1.81. The first-order chi connectivity index (χ1) is 2.27. The molecule has 0 unspecified atom stereocenters. The molecule has 0 aliphatic carbocycles. The largest absolute Gasteiger partial charge is 0.107 e. The van der Waals surface area contributed by atoms with Crippen molar-refractivity contribution < 1.29 is 0 Å². The maximum atomic E-state index is 3.56. The van der Waals surface area contributed by atoms with Gasteiger partial charge in [0.25, 0.3) is 0 Å². The van der Waals surface area contributed by atoms with Gasteiger partial charge in [0.2, 0.25) is 0 Å². The summed E-state index contributed by atoms with van der Waals surface area (Å²) in [4.78, 5) is 0. The molecule has 0 saturated carbocycles. The lowest BCUT2D eigenvalue weighted by Gasteiger charge is -1.71. The van der Waals surface area contributed by atoms with E-state index in [1.54, 1.807) is 6.08 Å². The minimum absolute atomic E-state index is 0. The molecule has 0 aliphatic rings. The average molecular weight is 196 g/mol. The lowest BCUT2D eigenvalue weighted by molar-refractivity contribution is 1.58. The molecule has 0 saturated heterocycles. The first kappa shape index (κ1) is 9.51. The van der Waals surface area contributed by atoms with Crippen molar-refractivity contribution in [2.24, 2.45) is 0 Å². The van der Waals surface area contributed by atoms with Gasteiger partial charge >= 0.3 is 0 Å². The Morgan fingerprint density at radius 3 is 1.83 bits per heavy atom. The highest BCUT2D eigenvalue weighted by Gasteiger charge is 1.59. The average Bonchev–Trinajstić information content (AvgIpc) is 1.38. The third kappa shape index (κ3) is 8.88. The molecule has 0 aliphatic heterocycles. The smallest absolute Gasteiger partial charge is 0.0404 e. The summed E-state index contributed by atoms with van der Waals surface area (Å²) in [5.74, 6) is 0. The molecule has 0 aromatic heterocycles. The molecule has 0 fully saturated rings. The van der Waals surface area contributed by atoms with Crippen LogP contribution in [0, 0.1) is 0 Å². The second kappa shape index (κ2) is 5.21. The Labute approximate surface area is 56.0 Å². The van der Waals surface area contributed by atoms with Crippen molar-refractivity contribution in [3.8, 4) is 0 Å². The van der Waals surface area contributed by atoms with E-state index in [9.17, 15) is 0 Å². The van der Waals surface area contributed by atoms with E-state index >= 15 is 0 Å². The van der Waals surface area contributed by atoms with Gasteiger partial charge in [0.15, 0.2) is 0 Å². The van der Waals surface area contributed by atoms with Crippen LogP contribution in [-0.4, -0.2) is 0 Å². The van der Waals surface area contributed by atoms with Crippen LogP contribution in [0.5, 0.6) is 0 Å². The van der Waals surface area contributed by atoms with Crippen LogP contribution in [0.15, 0.2) is 24.8 Å². The molecular weight excluding hydrogens is 187 g/mol. The first-order valence-electron chi connectivity index (χ1n) is 1.55. The Balaban J connectivity index is 0. The Kier molecular flexibility index (Phi) is 8.26. The fourth-order valence-corrected chi connectivity index (χ4v) is 0. The molecule has 0 aromatic rings. The summed E-state index contributed by atoms with van der Waals surface area (Å²) in [6, 6.07) is 0. The maximum Gasteiger partial charge on any atom is -0.0404 e. The third-order valence-corrected chi connectivity index (χ3v) is 0.348. The van der Waals surface area contributed by atoms with E-state index < -0.39 is 0 Å². The van der Waals surface area contributed by atoms with Crippen LogP contribution in [0.3, 0.4) is 0 Å². The van der Waals surface area contributed by atoms with Crippen molar-refractivity contribution in [1.29, 1.82) is 0 Å². The molecule has 6 heavy (non-hydrogen) atoms. The molecule has 0 spiro atoms. The summed E-state index contributed by atoms with van der Waals surface area (Å²) in [5, 5.41) is 0. The predicted molar refractivity (Wildman–Crippen MR) is 40.4 cm³/mol. The van der Waals surface area contributed by atoms with Gasteiger partial charge in [-0.2, -0.15) is 0 Å². The Morgan fingerprint density at radius 2 is 1.83 bits per heavy atom. The Hall–Kier alpha value is 0.210. The van der Waals surface area contributed by atoms with Crippen molar-refractivity contribution in [2.45, 2.75) is 6.92 Å². The summed E-state index contributed by atoms with van der Waals surface area (Å²) in [6.07, 6.45) is 1.72. The van der Waals surface area contributed by atoms with Gasteiger partial charge in [-0.1, -0.05) is 24.8 Å². The number of hydrogen-bond acceptors (Lipinski definition) is 0. The number of allylic oxidation sites excluding steroid dienone is 2. The van der Waals surface area contributed by atoms with Crippen LogP contribution in [0.2, 0.25) is 0 Å². The topological polar surface area (TPSA) is 0 Å². The van der Waals surface area contributed by atoms with Crippen LogP contribution in [0.4, 0.5) is 0 Å². The van der Waals surface area contributed by atoms with Crippen molar-refractivity contribution in [1.82, 2.24) is 0 Å². The fraction of sp³-hybridized carbons (Fsp3) is 0.200. The van der Waals surface area contributed by atoms with Crippen LogP contribution >= 0.6 is 24.0 Å². The van der Waals surface area contributed by atoms with E-state index in [0.29, 0.717) is 0 Å². The van der Waals surface area contributed by atoms with Gasteiger partial charge in [0.1, 0.15) is 0 Å². The summed E-state index contributed by atoms with van der Waals surface area (Å²) in [6.45, 7) is 8.93. The maximum absolute atomic E-state index is 3.56. The number of hydrogen-bond donors (Lipinski definition) is 0. The normalized spacial score (nSPS) is 5.50. The van der Waals surface area contributed by atoms with Gasteiger partial charge in [-0.25, -0.2) is 0 Å². The summed E-state index contributed by atoms with van der Waals surface area (Å²) < 4.78 is 0. The van der Waals surface area contributed by atoms with Gasteiger partial charge in [0, 0.05) is 0 Å². The third-order valence-electron chi connectivity index (χ3n) is 0.348. The highest BCUT2D eigenvalue weighted by molar-refractivity contribution is 14.0. The minimum atomic E-state index is 0. The molecule has 0 rings (SSSR count). The van der Waals surface area contributed by atoms with E-state index in [1.807, 2.05) is 6.92 Å². The zero-order chi connectivity index (χ0) is 4.28. The van der Waals surface area contributed by atoms with Crippen molar-refractivity contribution in [3.63, 3.8) is 0 Å². The van der Waals surface area contributed by atoms with Crippen molar-refractivity contribution >= 4 is 24.0 Å². The fourth-order valence-electron chi connectivity index (χ4n) is 0. The molecule has 0 atom stereocenters. The molecule has 0 amide bonds. The predicted octanol–water partition coefficient (Wildman–Crippen LogP) is 2.37. The molecule has 36 valence electrons. The molecule has 1 heteroatoms. The lowest BCUT2D eigenvalue weighted by Crippen LogP contribution is -1.50. The number of halogens is 1. The first-order valence-corrected chi connectivity index (χ1v) is 1.55. The molecule has 0 nitrogen and oxygen atoms in total. The van der Waals surface area contributed by atoms with Gasteiger partial charge in [-0.3, -0.25) is 0 Å². The molecular formula is C5H9I. The van der Waals surface area contributed by atoms with E-state index in [-0.39, 0.29) is 24.0 Å². The SMILES string of the molecule is C=CC(=C)C.I. The zero-order valence-corrected chi connectivity index (χ0v) is 6.23. The number of rotatable bonds is 1. The van der Waals surface area contributed by atoms with E-state index in [4.69, 9.17) is 0 Å². The quantitative estimate of drug-likeness (QED) is 0.446. The second-order valence-electron chi connectivity index (χ2n) is 1.05. The Bertz CT molecular complexity index is 55.0. The Morgan fingerprint density at radius 1 is 1.67 bits per heavy atom. The molecule has 0 bridgehead atoms. The lowest BCUT2D eigenvalue weighted by atomic mass is 10.4. The van der Waals surface area contributed by atoms with Crippen molar-refractivity contribution in [2.75, 3.05) is 0 Å². The molecule has 0 N–H and O–H groups in total. The van der Waals surface area contributed by atoms with E-state index in [0.717, 1.165) is 5.57 Å². The summed E-state index contributed by atoms with van der Waals surface area (Å²) >= 11 is 0. The van der Waals surface area contributed by atoms with Gasteiger partial charge in [-0.05, 0) is 6.92 Å². The second-order valence-corrected chi connectivity index (χ2v) is 1.05. The highest BCUT2D eigenvalue weighted by atomic mass is 127. The zero-order valence-electron chi connectivity index (χ0n) is 3.90. The monoisotopic (exact) mass is 196 g/mol. The van der Waals surface area contributed by atoms with Crippen LogP contribution < -0.4 is 0 Å². The molecule has 0 aromatic carbocycles. The standard InChI is InChI=1S/C5H8.HI/c1-4-5(2)3;/h4H,1-2H2,3H3;1H. The summed E-state index contributed by atoms with van der Waals surface area (Å²) in [7, 11) is 0. The molecule has 0 heterocycles. The summed E-state index contributed by atoms with van der Waals surface area (Å²) in [5.41, 5.74) is 1.02. The minimum Gasteiger partial charge on any atom is -0.107 e. The van der Waals surface area contributed by atoms with Crippen molar-refractivity contribution in [3.05, 3.63) is 24.8 Å². The van der Waals surface area contributed by atoms with Crippen LogP contribution in [0.1, 0.15) is 6.92 Å². The van der Waals surface area contributed by atoms with E-state index in [2.05, 4.69) is 13.2 Å². The van der Waals surface area contributed by atoms with Gasteiger partial charge < -0.3 is 0 Å². The molecule has 0 radical (unpaired) electrons. The van der Waals surface area contributed by atoms with Crippen LogP contribution in [-0.2, 0) is 0 Å². The van der Waals surface area contributed by atoms with Crippen LogP contribution in [0.25, 0.3) is 0 Å².